The monoisotopic (exact) mass is 499 g/mol. The van der Waals surface area contributed by atoms with E-state index in [4.69, 9.17) is 27.8 Å². The van der Waals surface area contributed by atoms with Gasteiger partial charge in [-0.05, 0) is 68.7 Å². The predicted molar refractivity (Wildman–Crippen MR) is 138 cm³/mol. The largest absolute Gasteiger partial charge is 0.383 e. The van der Waals surface area contributed by atoms with Crippen molar-refractivity contribution < 1.29 is 9.53 Å². The maximum atomic E-state index is 12.4. The second-order valence-corrected chi connectivity index (χ2v) is 10.3. The lowest BCUT2D eigenvalue weighted by Gasteiger charge is -2.36. The van der Waals surface area contributed by atoms with Crippen molar-refractivity contribution in [2.75, 3.05) is 25.4 Å². The van der Waals surface area contributed by atoms with Crippen LogP contribution < -0.4 is 22.1 Å². The zero-order chi connectivity index (χ0) is 24.4. The zero-order valence-electron chi connectivity index (χ0n) is 19.9. The molecule has 6 N–H and O–H groups in total. The summed E-state index contributed by atoms with van der Waals surface area (Å²) in [6.07, 6.45) is 9.55. The molecule has 1 saturated carbocycles. The lowest BCUT2D eigenvalue weighted by molar-refractivity contribution is -0.0326. The van der Waals surface area contributed by atoms with Gasteiger partial charge in [0.25, 0.3) is 5.91 Å². The van der Waals surface area contributed by atoms with E-state index >= 15 is 0 Å². The lowest BCUT2D eigenvalue weighted by Crippen LogP contribution is -2.47. The second-order valence-electron chi connectivity index (χ2n) is 9.85. The van der Waals surface area contributed by atoms with Crippen LogP contribution in [0.1, 0.15) is 55.3 Å². The molecule has 2 saturated heterocycles. The molecule has 10 heteroatoms. The number of amides is 1. The molecule has 5 rings (SSSR count). The summed E-state index contributed by atoms with van der Waals surface area (Å²) >= 11 is 6.41. The van der Waals surface area contributed by atoms with Crippen LogP contribution >= 0.6 is 11.6 Å². The molecule has 2 aromatic rings. The van der Waals surface area contributed by atoms with Gasteiger partial charge in [0.2, 0.25) is 5.96 Å². The average molecular weight is 500 g/mol. The number of hydrogen-bond donors (Lipinski definition) is 4. The molecule has 1 aromatic carbocycles. The molecule has 1 amide bonds. The third-order valence-corrected chi connectivity index (χ3v) is 7.51. The molecule has 1 aromatic heterocycles. The summed E-state index contributed by atoms with van der Waals surface area (Å²) in [5, 5.41) is 11.3. The van der Waals surface area contributed by atoms with Crippen LogP contribution in [0.4, 0.5) is 5.82 Å². The van der Waals surface area contributed by atoms with Gasteiger partial charge >= 0.3 is 0 Å². The minimum Gasteiger partial charge on any atom is -0.383 e. The van der Waals surface area contributed by atoms with Crippen molar-refractivity contribution in [3.8, 4) is 11.1 Å². The zero-order valence-corrected chi connectivity index (χ0v) is 20.6. The van der Waals surface area contributed by atoms with Gasteiger partial charge in [-0.25, -0.2) is 0 Å². The van der Waals surface area contributed by atoms with Crippen LogP contribution in [0.2, 0.25) is 5.02 Å². The number of carbonyl (C=O) groups excluding carboxylic acids is 1. The van der Waals surface area contributed by atoms with E-state index in [2.05, 4.69) is 20.7 Å². The first-order valence-corrected chi connectivity index (χ1v) is 13.0. The highest BCUT2D eigenvalue weighted by Gasteiger charge is 2.30. The van der Waals surface area contributed by atoms with E-state index in [-0.39, 0.29) is 24.0 Å². The highest BCUT2D eigenvalue weighted by molar-refractivity contribution is 6.34. The molecule has 1 aliphatic carbocycles. The minimum atomic E-state index is -0.154. The van der Waals surface area contributed by atoms with Crippen LogP contribution in [0.5, 0.6) is 0 Å². The number of halogens is 1. The highest BCUT2D eigenvalue weighted by atomic mass is 35.5. The summed E-state index contributed by atoms with van der Waals surface area (Å²) in [6.45, 7) is 2.44. The topological polar surface area (TPSA) is 133 Å². The van der Waals surface area contributed by atoms with E-state index in [9.17, 15) is 4.79 Å². The molecule has 3 aliphatic rings. The van der Waals surface area contributed by atoms with Crippen molar-refractivity contribution in [3.63, 3.8) is 0 Å². The number of benzene rings is 1. The molecule has 0 bridgehead atoms. The van der Waals surface area contributed by atoms with Crippen molar-refractivity contribution >= 4 is 29.3 Å². The van der Waals surface area contributed by atoms with Crippen LogP contribution in [-0.2, 0) is 4.74 Å². The predicted octanol–water partition coefficient (Wildman–Crippen LogP) is 2.78. The quantitative estimate of drug-likeness (QED) is 0.357. The van der Waals surface area contributed by atoms with E-state index in [0.717, 1.165) is 44.4 Å². The first-order valence-electron chi connectivity index (χ1n) is 12.6. The number of rotatable bonds is 6. The molecule has 188 valence electrons. The molecule has 0 radical (unpaired) electrons. The van der Waals surface area contributed by atoms with Crippen LogP contribution in [0.3, 0.4) is 0 Å². The second kappa shape index (κ2) is 10.6. The van der Waals surface area contributed by atoms with Crippen molar-refractivity contribution in [1.29, 1.82) is 0 Å². The summed E-state index contributed by atoms with van der Waals surface area (Å²) in [5.41, 5.74) is 14.6. The van der Waals surface area contributed by atoms with Gasteiger partial charge in [0, 0.05) is 30.8 Å². The Kier molecular flexibility index (Phi) is 7.27. The van der Waals surface area contributed by atoms with Gasteiger partial charge in [0.05, 0.1) is 22.9 Å². The van der Waals surface area contributed by atoms with Gasteiger partial charge in [-0.2, -0.15) is 9.78 Å². The number of piperidine rings is 1. The Labute approximate surface area is 210 Å². The number of hydrogen-bond acceptors (Lipinski definition) is 6. The normalized spacial score (nSPS) is 25.4. The average Bonchev–Trinajstić information content (AvgIpc) is 3.61. The van der Waals surface area contributed by atoms with E-state index in [1.54, 1.807) is 18.3 Å². The number of ether oxygens (including phenoxy) is 1. The fourth-order valence-corrected chi connectivity index (χ4v) is 5.22. The van der Waals surface area contributed by atoms with Crippen molar-refractivity contribution in [3.05, 3.63) is 35.0 Å². The van der Waals surface area contributed by atoms with Gasteiger partial charge in [-0.15, -0.1) is 0 Å². The summed E-state index contributed by atoms with van der Waals surface area (Å²) < 4.78 is 7.50. The highest BCUT2D eigenvalue weighted by Crippen LogP contribution is 2.30. The standard InChI is InChI=1S/C25H34ClN7O2/c26-20-12-16(4-7-18(20)24(34)32-17-5-6-17)19-14-31-33(23(19)27)25(28)30-13-15-8-10-35-22(11-15)21-3-1-2-9-29-21/h4,7,12,14-15,17,21-22,29H,1-3,5-6,8-11,13,27H2,(H2,28,30)(H,32,34). The molecular weight excluding hydrogens is 466 g/mol. The van der Waals surface area contributed by atoms with E-state index in [1.807, 2.05) is 6.07 Å². The van der Waals surface area contributed by atoms with Crippen molar-refractivity contribution in [2.45, 2.75) is 63.1 Å². The lowest BCUT2D eigenvalue weighted by atomic mass is 9.89. The minimum absolute atomic E-state index is 0.154. The van der Waals surface area contributed by atoms with Crippen molar-refractivity contribution in [2.24, 2.45) is 16.6 Å². The maximum Gasteiger partial charge on any atom is 0.253 e. The molecule has 35 heavy (non-hydrogen) atoms. The summed E-state index contributed by atoms with van der Waals surface area (Å²) in [7, 11) is 0. The Bertz CT molecular complexity index is 1090. The molecule has 3 heterocycles. The Morgan fingerprint density at radius 3 is 2.89 bits per heavy atom. The SMILES string of the molecule is NC(=NCC1CCOC(C2CCCCN2)C1)n1ncc(-c2ccc(C(=O)NC3CC3)c(Cl)c2)c1N. The Morgan fingerprint density at radius 2 is 2.14 bits per heavy atom. The number of nitrogens with two attached hydrogens (primary N) is 2. The van der Waals surface area contributed by atoms with E-state index in [0.29, 0.717) is 40.5 Å². The molecule has 2 aliphatic heterocycles. The molecule has 3 atom stereocenters. The van der Waals surface area contributed by atoms with Crippen LogP contribution in [-0.4, -0.2) is 59.5 Å². The van der Waals surface area contributed by atoms with Crippen molar-refractivity contribution in [1.82, 2.24) is 20.4 Å². The number of aliphatic imine (C=N–C) groups is 1. The van der Waals surface area contributed by atoms with Crippen LogP contribution in [0.15, 0.2) is 29.4 Å². The number of nitrogens with one attached hydrogen (secondary N) is 2. The third kappa shape index (κ3) is 5.63. The van der Waals surface area contributed by atoms with E-state index in [1.165, 1.54) is 23.9 Å². The Hall–Kier alpha value is -2.62. The first kappa shape index (κ1) is 24.1. The Morgan fingerprint density at radius 1 is 1.29 bits per heavy atom. The van der Waals surface area contributed by atoms with Gasteiger partial charge in [0.15, 0.2) is 0 Å². The number of carbonyl (C=O) groups is 1. The number of nitrogens with zero attached hydrogens (tertiary/aromatic N) is 3. The first-order chi connectivity index (χ1) is 17.0. The van der Waals surface area contributed by atoms with Crippen LogP contribution in [0, 0.1) is 5.92 Å². The Balaban J connectivity index is 1.24. The molecule has 3 fully saturated rings. The summed E-state index contributed by atoms with van der Waals surface area (Å²) in [5.74, 6) is 0.909. The fourth-order valence-electron chi connectivity index (χ4n) is 4.95. The molecule has 0 spiro atoms. The van der Waals surface area contributed by atoms with Crippen LogP contribution in [0.25, 0.3) is 11.1 Å². The molecular formula is C25H34ClN7O2. The summed E-state index contributed by atoms with van der Waals surface area (Å²) in [6, 6.07) is 5.98. The number of anilines is 1. The number of aromatic nitrogens is 2. The van der Waals surface area contributed by atoms with E-state index < -0.39 is 0 Å². The molecule has 9 nitrogen and oxygen atoms in total. The smallest absolute Gasteiger partial charge is 0.253 e. The van der Waals surface area contributed by atoms with Gasteiger partial charge < -0.3 is 26.8 Å². The van der Waals surface area contributed by atoms with Gasteiger partial charge in [-0.3, -0.25) is 9.79 Å². The fraction of sp³-hybridized carbons (Fsp3) is 0.560. The van der Waals surface area contributed by atoms with Gasteiger partial charge in [-0.1, -0.05) is 24.1 Å². The number of nitrogen functional groups attached to an aromatic ring is 1. The third-order valence-electron chi connectivity index (χ3n) is 7.19. The summed E-state index contributed by atoms with van der Waals surface area (Å²) in [4.78, 5) is 17.0. The molecule has 3 unspecified atom stereocenters. The van der Waals surface area contributed by atoms with Gasteiger partial charge in [0.1, 0.15) is 5.82 Å². The maximum absolute atomic E-state index is 12.4.